The lowest BCUT2D eigenvalue weighted by atomic mass is 10.1. The maximum absolute atomic E-state index is 5.72. The first-order valence-electron chi connectivity index (χ1n) is 6.32. The lowest BCUT2D eigenvalue weighted by Gasteiger charge is -2.15. The van der Waals surface area contributed by atoms with Gasteiger partial charge in [-0.1, -0.05) is 36.5 Å². The molecule has 0 aliphatic heterocycles. The maximum atomic E-state index is 5.72. The smallest absolute Gasteiger partial charge is 0.136 e. The van der Waals surface area contributed by atoms with Crippen molar-refractivity contribution in [2.75, 3.05) is 5.32 Å². The van der Waals surface area contributed by atoms with Crippen molar-refractivity contribution in [2.24, 2.45) is 5.73 Å². The van der Waals surface area contributed by atoms with Gasteiger partial charge < -0.3 is 11.1 Å². The highest BCUT2D eigenvalue weighted by molar-refractivity contribution is 7.80. The normalized spacial score (nSPS) is 14.1. The van der Waals surface area contributed by atoms with Crippen molar-refractivity contribution in [1.29, 1.82) is 0 Å². The number of fused-ring (bicyclic) bond motifs is 1. The van der Waals surface area contributed by atoms with Crippen LogP contribution in [0.1, 0.15) is 16.7 Å². The third-order valence-electron chi connectivity index (χ3n) is 3.47. The van der Waals surface area contributed by atoms with Gasteiger partial charge >= 0.3 is 0 Å². The number of rotatable bonds is 3. The molecule has 0 bridgehead atoms. The van der Waals surface area contributed by atoms with Gasteiger partial charge in [0, 0.05) is 12.2 Å². The van der Waals surface area contributed by atoms with E-state index in [1.165, 1.54) is 11.1 Å². The highest BCUT2D eigenvalue weighted by Gasteiger charge is 2.21. The van der Waals surface area contributed by atoms with Crippen LogP contribution in [0.3, 0.4) is 0 Å². The number of hydrogen-bond acceptors (Lipinski definition) is 3. The third kappa shape index (κ3) is 2.44. The Morgan fingerprint density at radius 1 is 1.16 bits per heavy atom. The molecule has 1 heterocycles. The minimum absolute atomic E-state index is 0.361. The second-order valence-corrected chi connectivity index (χ2v) is 5.22. The summed E-state index contributed by atoms with van der Waals surface area (Å²) in [4.78, 5) is 4.73. The molecular formula is C15H15N3S. The zero-order valence-electron chi connectivity index (χ0n) is 10.5. The van der Waals surface area contributed by atoms with Crippen molar-refractivity contribution in [3.05, 3.63) is 59.3 Å². The number of nitrogens with two attached hydrogens (primary N) is 1. The molecule has 3 nitrogen and oxygen atoms in total. The van der Waals surface area contributed by atoms with Crippen LogP contribution in [0.4, 0.5) is 5.82 Å². The molecule has 1 aliphatic carbocycles. The highest BCUT2D eigenvalue weighted by atomic mass is 32.1. The van der Waals surface area contributed by atoms with Gasteiger partial charge in [0.25, 0.3) is 0 Å². The molecule has 0 radical (unpaired) electrons. The Hall–Kier alpha value is -1.94. The summed E-state index contributed by atoms with van der Waals surface area (Å²) < 4.78 is 0. The van der Waals surface area contributed by atoms with Crippen molar-refractivity contribution >= 4 is 23.0 Å². The van der Waals surface area contributed by atoms with E-state index in [1.54, 1.807) is 6.20 Å². The number of thiocarbonyl (C=S) groups is 1. The Bertz CT molecular complexity index is 599. The Labute approximate surface area is 117 Å². The molecule has 0 saturated heterocycles. The molecule has 3 N–H and O–H groups in total. The first-order chi connectivity index (χ1) is 9.24. The molecule has 1 aromatic heterocycles. The maximum Gasteiger partial charge on any atom is 0.136 e. The van der Waals surface area contributed by atoms with Gasteiger partial charge in [0.15, 0.2) is 0 Å². The van der Waals surface area contributed by atoms with E-state index in [9.17, 15) is 0 Å². The predicted molar refractivity (Wildman–Crippen MR) is 81.4 cm³/mol. The molecule has 0 fully saturated rings. The minimum Gasteiger partial charge on any atom is -0.389 e. The van der Waals surface area contributed by atoms with Crippen LogP contribution in [-0.2, 0) is 12.8 Å². The number of benzene rings is 1. The Morgan fingerprint density at radius 3 is 2.47 bits per heavy atom. The first kappa shape index (κ1) is 12.1. The third-order valence-corrected chi connectivity index (χ3v) is 3.68. The largest absolute Gasteiger partial charge is 0.389 e. The standard InChI is InChI=1S/C15H15N3S/c16-14(19)13-6-3-7-17-15(13)18-12-8-10-4-1-2-5-11(10)9-12/h1-7,12H,8-9H2,(H2,16,19)(H,17,18). The molecule has 1 aliphatic rings. The SMILES string of the molecule is NC(=S)c1cccnc1NC1Cc2ccccc2C1. The van der Waals surface area contributed by atoms with Crippen LogP contribution < -0.4 is 11.1 Å². The van der Waals surface area contributed by atoms with Crippen LogP contribution in [0.25, 0.3) is 0 Å². The number of anilines is 1. The van der Waals surface area contributed by atoms with Crippen LogP contribution in [0.5, 0.6) is 0 Å². The van der Waals surface area contributed by atoms with E-state index in [4.69, 9.17) is 18.0 Å². The van der Waals surface area contributed by atoms with Gasteiger partial charge in [-0.25, -0.2) is 4.98 Å². The summed E-state index contributed by atoms with van der Waals surface area (Å²) in [6.45, 7) is 0. The van der Waals surface area contributed by atoms with Crippen LogP contribution in [0.15, 0.2) is 42.6 Å². The van der Waals surface area contributed by atoms with Gasteiger partial charge in [0.05, 0.1) is 5.56 Å². The predicted octanol–water partition coefficient (Wildman–Crippen LogP) is 2.30. The zero-order chi connectivity index (χ0) is 13.2. The summed E-state index contributed by atoms with van der Waals surface area (Å²) in [5.41, 5.74) is 9.36. The van der Waals surface area contributed by atoms with E-state index < -0.39 is 0 Å². The van der Waals surface area contributed by atoms with Gasteiger partial charge in [-0.2, -0.15) is 0 Å². The highest BCUT2D eigenvalue weighted by Crippen LogP contribution is 2.24. The average Bonchev–Trinajstić information content (AvgIpc) is 2.81. The van der Waals surface area contributed by atoms with Gasteiger partial charge in [-0.15, -0.1) is 0 Å². The summed E-state index contributed by atoms with van der Waals surface area (Å²) in [5, 5.41) is 3.46. The van der Waals surface area contributed by atoms with Crippen LogP contribution in [0.2, 0.25) is 0 Å². The molecular weight excluding hydrogens is 254 g/mol. The quantitative estimate of drug-likeness (QED) is 0.840. The molecule has 2 aromatic rings. The van der Waals surface area contributed by atoms with Crippen molar-refractivity contribution in [3.8, 4) is 0 Å². The summed E-state index contributed by atoms with van der Waals surface area (Å²) in [6.07, 6.45) is 3.79. The van der Waals surface area contributed by atoms with Crippen molar-refractivity contribution in [3.63, 3.8) is 0 Å². The Morgan fingerprint density at radius 2 is 1.84 bits per heavy atom. The Balaban J connectivity index is 1.80. The van der Waals surface area contributed by atoms with E-state index in [0.29, 0.717) is 11.0 Å². The number of aromatic nitrogens is 1. The lowest BCUT2D eigenvalue weighted by molar-refractivity contribution is 0.768. The van der Waals surface area contributed by atoms with Gasteiger partial charge in [-0.3, -0.25) is 0 Å². The molecule has 0 saturated carbocycles. The van der Waals surface area contributed by atoms with Gasteiger partial charge in [-0.05, 0) is 36.1 Å². The van der Waals surface area contributed by atoms with E-state index in [2.05, 4.69) is 34.6 Å². The van der Waals surface area contributed by atoms with E-state index in [0.717, 1.165) is 24.2 Å². The molecule has 3 rings (SSSR count). The monoisotopic (exact) mass is 269 g/mol. The summed E-state index contributed by atoms with van der Waals surface area (Å²) in [6, 6.07) is 12.7. The Kier molecular flexibility index (Phi) is 3.17. The molecule has 19 heavy (non-hydrogen) atoms. The fraction of sp³-hybridized carbons (Fsp3) is 0.200. The molecule has 0 amide bonds. The van der Waals surface area contributed by atoms with Gasteiger partial charge in [0.2, 0.25) is 0 Å². The second-order valence-electron chi connectivity index (χ2n) is 4.78. The fourth-order valence-electron chi connectivity index (χ4n) is 2.57. The van der Waals surface area contributed by atoms with Crippen LogP contribution in [0, 0.1) is 0 Å². The van der Waals surface area contributed by atoms with E-state index in [-0.39, 0.29) is 0 Å². The number of nitrogens with one attached hydrogen (secondary N) is 1. The molecule has 0 atom stereocenters. The average molecular weight is 269 g/mol. The van der Waals surface area contributed by atoms with Gasteiger partial charge in [0.1, 0.15) is 10.8 Å². The van der Waals surface area contributed by atoms with Crippen LogP contribution >= 0.6 is 12.2 Å². The van der Waals surface area contributed by atoms with E-state index in [1.807, 2.05) is 12.1 Å². The zero-order valence-corrected chi connectivity index (χ0v) is 11.3. The lowest BCUT2D eigenvalue weighted by Crippen LogP contribution is -2.23. The molecule has 0 unspecified atom stereocenters. The van der Waals surface area contributed by atoms with Crippen molar-refractivity contribution < 1.29 is 0 Å². The fourth-order valence-corrected chi connectivity index (χ4v) is 2.74. The summed E-state index contributed by atoms with van der Waals surface area (Å²) in [5.74, 6) is 0.785. The summed E-state index contributed by atoms with van der Waals surface area (Å²) in [7, 11) is 0. The molecule has 4 heteroatoms. The second kappa shape index (κ2) is 4.97. The van der Waals surface area contributed by atoms with E-state index >= 15 is 0 Å². The molecule has 0 spiro atoms. The molecule has 96 valence electrons. The van der Waals surface area contributed by atoms with Crippen LogP contribution in [-0.4, -0.2) is 16.0 Å². The minimum atomic E-state index is 0.361. The number of nitrogens with zero attached hydrogens (tertiary/aromatic N) is 1. The van der Waals surface area contributed by atoms with Crippen molar-refractivity contribution in [2.45, 2.75) is 18.9 Å². The number of pyridine rings is 1. The first-order valence-corrected chi connectivity index (χ1v) is 6.73. The summed E-state index contributed by atoms with van der Waals surface area (Å²) >= 11 is 5.06. The topological polar surface area (TPSA) is 50.9 Å². The molecule has 1 aromatic carbocycles. The van der Waals surface area contributed by atoms with Crippen molar-refractivity contribution in [1.82, 2.24) is 4.98 Å². The number of hydrogen-bond donors (Lipinski definition) is 2.